The molecule has 1 aromatic rings. The average Bonchev–Trinajstić information content (AvgIpc) is 2.42. The zero-order chi connectivity index (χ0) is 16.0. The van der Waals surface area contributed by atoms with Crippen LogP contribution in [0.25, 0.3) is 0 Å². The first-order chi connectivity index (χ1) is 9.86. The summed E-state index contributed by atoms with van der Waals surface area (Å²) in [7, 11) is 0. The molecule has 21 heavy (non-hydrogen) atoms. The first-order valence-electron chi connectivity index (χ1n) is 6.41. The van der Waals surface area contributed by atoms with E-state index in [-0.39, 0.29) is 23.5 Å². The van der Waals surface area contributed by atoms with Crippen molar-refractivity contribution in [1.82, 2.24) is 0 Å². The summed E-state index contributed by atoms with van der Waals surface area (Å²) >= 11 is 0. The molecule has 0 saturated carbocycles. The van der Waals surface area contributed by atoms with Crippen molar-refractivity contribution in [3.05, 3.63) is 33.9 Å². The van der Waals surface area contributed by atoms with E-state index >= 15 is 0 Å². The van der Waals surface area contributed by atoms with E-state index in [2.05, 4.69) is 0 Å². The molecule has 0 radical (unpaired) electrons. The van der Waals surface area contributed by atoms with Crippen LogP contribution in [-0.4, -0.2) is 35.0 Å². The van der Waals surface area contributed by atoms with E-state index < -0.39 is 16.8 Å². The number of nitrogens with zero attached hydrogens (tertiary/aromatic N) is 2. The molecule has 114 valence electrons. The fourth-order valence-corrected chi connectivity index (χ4v) is 1.91. The number of nitrogens with two attached hydrogens (primary N) is 1. The van der Waals surface area contributed by atoms with Gasteiger partial charge in [0.1, 0.15) is 0 Å². The minimum absolute atomic E-state index is 0.141. The van der Waals surface area contributed by atoms with Crippen LogP contribution in [0.15, 0.2) is 18.2 Å². The molecule has 0 atom stereocenters. The summed E-state index contributed by atoms with van der Waals surface area (Å²) in [5, 5.41) is 19.9. The smallest absolute Gasteiger partial charge is 0.338 e. The fourth-order valence-electron chi connectivity index (χ4n) is 1.91. The number of carboxylic acid groups (broad SMARTS) is 1. The molecule has 0 aliphatic carbocycles. The number of rotatable bonds is 8. The number of carbonyl (C=O) groups is 2. The van der Waals surface area contributed by atoms with Gasteiger partial charge in [-0.15, -0.1) is 0 Å². The molecule has 0 fully saturated rings. The minimum Gasteiger partial charge on any atom is -0.478 e. The molecule has 8 heteroatoms. The number of nitro benzene ring substituents is 1. The average molecular weight is 295 g/mol. The van der Waals surface area contributed by atoms with Gasteiger partial charge in [0.25, 0.3) is 5.69 Å². The van der Waals surface area contributed by atoms with Gasteiger partial charge in [0, 0.05) is 18.7 Å². The number of amides is 1. The summed E-state index contributed by atoms with van der Waals surface area (Å²) < 4.78 is 0. The molecule has 0 aromatic heterocycles. The van der Waals surface area contributed by atoms with E-state index in [0.29, 0.717) is 6.54 Å². The van der Waals surface area contributed by atoms with Gasteiger partial charge in [-0.3, -0.25) is 14.9 Å². The number of unbranched alkanes of at least 4 members (excludes halogenated alkanes) is 1. The van der Waals surface area contributed by atoms with Gasteiger partial charge in [0.2, 0.25) is 5.91 Å². The lowest BCUT2D eigenvalue weighted by Gasteiger charge is -2.24. The number of carbonyl (C=O) groups excluding carboxylic acids is 1. The van der Waals surface area contributed by atoms with Crippen LogP contribution >= 0.6 is 0 Å². The van der Waals surface area contributed by atoms with Crippen LogP contribution in [-0.2, 0) is 4.79 Å². The number of aromatic carboxylic acids is 1. The summed E-state index contributed by atoms with van der Waals surface area (Å²) in [5.41, 5.74) is 4.89. The van der Waals surface area contributed by atoms with Crippen molar-refractivity contribution >= 4 is 23.3 Å². The molecule has 0 aliphatic heterocycles. The summed E-state index contributed by atoms with van der Waals surface area (Å²) in [5.74, 6) is -1.89. The van der Waals surface area contributed by atoms with Crippen LogP contribution < -0.4 is 10.6 Å². The van der Waals surface area contributed by atoms with Crippen molar-refractivity contribution in [2.24, 2.45) is 5.73 Å². The monoisotopic (exact) mass is 295 g/mol. The summed E-state index contributed by atoms with van der Waals surface area (Å²) in [6.07, 6.45) is 1.59. The van der Waals surface area contributed by atoms with E-state index in [1.54, 1.807) is 0 Å². The zero-order valence-corrected chi connectivity index (χ0v) is 11.6. The van der Waals surface area contributed by atoms with Gasteiger partial charge >= 0.3 is 5.97 Å². The minimum atomic E-state index is -1.29. The molecule has 1 amide bonds. The highest BCUT2D eigenvalue weighted by Gasteiger charge is 2.20. The molecule has 0 aliphatic rings. The number of hydrogen-bond donors (Lipinski definition) is 2. The molecular formula is C13H17N3O5. The zero-order valence-electron chi connectivity index (χ0n) is 11.6. The van der Waals surface area contributed by atoms with Gasteiger partial charge in [0.15, 0.2) is 0 Å². The van der Waals surface area contributed by atoms with Crippen LogP contribution in [0, 0.1) is 10.1 Å². The molecule has 0 spiro atoms. The number of benzene rings is 1. The molecular weight excluding hydrogens is 278 g/mol. The summed E-state index contributed by atoms with van der Waals surface area (Å²) in [4.78, 5) is 34.0. The second kappa shape index (κ2) is 7.22. The highest BCUT2D eigenvalue weighted by Crippen LogP contribution is 2.26. The van der Waals surface area contributed by atoms with Crippen molar-refractivity contribution in [3.63, 3.8) is 0 Å². The predicted molar refractivity (Wildman–Crippen MR) is 76.4 cm³/mol. The Kier molecular flexibility index (Phi) is 5.65. The van der Waals surface area contributed by atoms with E-state index in [0.717, 1.165) is 18.9 Å². The highest BCUT2D eigenvalue weighted by atomic mass is 16.6. The Bertz CT molecular complexity index is 559. The van der Waals surface area contributed by atoms with Gasteiger partial charge in [-0.05, 0) is 12.5 Å². The lowest BCUT2D eigenvalue weighted by molar-refractivity contribution is -0.384. The topological polar surface area (TPSA) is 127 Å². The standard InChI is InChI=1S/C13H17N3O5/c1-2-3-6-15(8-12(14)17)11-5-4-9(16(20)21)7-10(11)13(18)19/h4-5,7H,2-3,6,8H2,1H3,(H2,14,17)(H,18,19). The lowest BCUT2D eigenvalue weighted by Crippen LogP contribution is -2.35. The number of anilines is 1. The van der Waals surface area contributed by atoms with Gasteiger partial charge in [-0.25, -0.2) is 4.79 Å². The Morgan fingerprint density at radius 3 is 2.57 bits per heavy atom. The second-order valence-electron chi connectivity index (χ2n) is 4.51. The first kappa shape index (κ1) is 16.4. The van der Waals surface area contributed by atoms with Gasteiger partial charge < -0.3 is 15.7 Å². The van der Waals surface area contributed by atoms with E-state index in [1.807, 2.05) is 6.92 Å². The van der Waals surface area contributed by atoms with Crippen molar-refractivity contribution in [2.75, 3.05) is 18.0 Å². The third-order valence-corrected chi connectivity index (χ3v) is 2.89. The molecule has 0 unspecified atom stereocenters. The van der Waals surface area contributed by atoms with Crippen LogP contribution in [0.5, 0.6) is 0 Å². The Morgan fingerprint density at radius 1 is 1.43 bits per heavy atom. The number of carboxylic acids is 1. The maximum atomic E-state index is 11.3. The molecule has 0 bridgehead atoms. The molecule has 0 heterocycles. The second-order valence-corrected chi connectivity index (χ2v) is 4.51. The summed E-state index contributed by atoms with van der Waals surface area (Å²) in [6, 6.07) is 3.53. The number of hydrogen-bond acceptors (Lipinski definition) is 5. The third kappa shape index (κ3) is 4.44. The highest BCUT2D eigenvalue weighted by molar-refractivity contribution is 5.96. The number of non-ortho nitro benzene ring substituents is 1. The summed E-state index contributed by atoms with van der Waals surface area (Å²) in [6.45, 7) is 2.26. The van der Waals surface area contributed by atoms with E-state index in [9.17, 15) is 24.8 Å². The van der Waals surface area contributed by atoms with Gasteiger partial charge in [-0.1, -0.05) is 13.3 Å². The van der Waals surface area contributed by atoms with E-state index in [1.165, 1.54) is 17.0 Å². The Balaban J connectivity index is 3.24. The molecule has 0 saturated heterocycles. The fraction of sp³-hybridized carbons (Fsp3) is 0.385. The Morgan fingerprint density at radius 2 is 2.10 bits per heavy atom. The van der Waals surface area contributed by atoms with Crippen molar-refractivity contribution in [1.29, 1.82) is 0 Å². The van der Waals surface area contributed by atoms with Crippen LogP contribution in [0.4, 0.5) is 11.4 Å². The Hall–Kier alpha value is -2.64. The Labute approximate surface area is 121 Å². The van der Waals surface area contributed by atoms with E-state index in [4.69, 9.17) is 5.73 Å². The van der Waals surface area contributed by atoms with Crippen LogP contribution in [0.2, 0.25) is 0 Å². The van der Waals surface area contributed by atoms with Gasteiger partial charge in [0.05, 0.1) is 22.7 Å². The van der Waals surface area contributed by atoms with Crippen molar-refractivity contribution in [3.8, 4) is 0 Å². The van der Waals surface area contributed by atoms with Gasteiger partial charge in [-0.2, -0.15) is 0 Å². The van der Waals surface area contributed by atoms with Crippen LogP contribution in [0.3, 0.4) is 0 Å². The van der Waals surface area contributed by atoms with Crippen LogP contribution in [0.1, 0.15) is 30.1 Å². The molecule has 3 N–H and O–H groups in total. The molecule has 8 nitrogen and oxygen atoms in total. The number of nitro groups is 1. The maximum Gasteiger partial charge on any atom is 0.338 e. The molecule has 1 aromatic carbocycles. The quantitative estimate of drug-likeness (QED) is 0.551. The predicted octanol–water partition coefficient (Wildman–Crippen LogP) is 1.38. The lowest BCUT2D eigenvalue weighted by atomic mass is 10.1. The normalized spacial score (nSPS) is 10.1. The van der Waals surface area contributed by atoms with Crippen molar-refractivity contribution in [2.45, 2.75) is 19.8 Å². The van der Waals surface area contributed by atoms with Crippen molar-refractivity contribution < 1.29 is 19.6 Å². The largest absolute Gasteiger partial charge is 0.478 e. The maximum absolute atomic E-state index is 11.3. The third-order valence-electron chi connectivity index (χ3n) is 2.89. The SMILES string of the molecule is CCCCN(CC(N)=O)c1ccc([N+](=O)[O-])cc1C(=O)O. The molecule has 1 rings (SSSR count). The first-order valence-corrected chi connectivity index (χ1v) is 6.41. The number of primary amides is 1.